The lowest BCUT2D eigenvalue weighted by Crippen LogP contribution is -2.01. The van der Waals surface area contributed by atoms with Crippen LogP contribution in [0.3, 0.4) is 0 Å². The molecule has 0 amide bonds. The van der Waals surface area contributed by atoms with Crippen molar-refractivity contribution in [2.24, 2.45) is 0 Å². The molecule has 0 saturated carbocycles. The molecule has 0 radical (unpaired) electrons. The van der Waals surface area contributed by atoms with Gasteiger partial charge in [0.05, 0.1) is 0 Å². The first-order chi connectivity index (χ1) is 5.38. The highest BCUT2D eigenvalue weighted by atomic mass is 15.0. The first-order valence-electron chi connectivity index (χ1n) is 4.06. The number of nitrogens with zero attached hydrogens (tertiary/aromatic N) is 1. The van der Waals surface area contributed by atoms with Gasteiger partial charge < -0.3 is 5.32 Å². The van der Waals surface area contributed by atoms with E-state index in [-0.39, 0.29) is 1.43 Å². The summed E-state index contributed by atoms with van der Waals surface area (Å²) < 4.78 is 0. The zero-order valence-corrected chi connectivity index (χ0v) is 7.09. The number of pyridine rings is 1. The summed E-state index contributed by atoms with van der Waals surface area (Å²) in [5.41, 5.74) is 1.29. The molecule has 0 aliphatic rings. The highest BCUT2D eigenvalue weighted by Gasteiger charge is 1.96. The predicted molar refractivity (Wildman–Crippen MR) is 49.9 cm³/mol. The van der Waals surface area contributed by atoms with Gasteiger partial charge in [0, 0.05) is 14.2 Å². The number of rotatable bonds is 3. The van der Waals surface area contributed by atoms with Gasteiger partial charge in [-0.2, -0.15) is 0 Å². The first kappa shape index (κ1) is 8.05. The molecular weight excluding hydrogens is 136 g/mol. The SMILES string of the molecule is CCNc1ncccc1CC.[HH]. The van der Waals surface area contributed by atoms with Crippen molar-refractivity contribution in [3.05, 3.63) is 23.9 Å². The molecule has 0 aliphatic heterocycles. The lowest BCUT2D eigenvalue weighted by atomic mass is 10.2. The Morgan fingerprint density at radius 2 is 2.36 bits per heavy atom. The van der Waals surface area contributed by atoms with Crippen molar-refractivity contribution in [1.82, 2.24) is 4.98 Å². The molecule has 2 nitrogen and oxygen atoms in total. The van der Waals surface area contributed by atoms with E-state index in [4.69, 9.17) is 0 Å². The third kappa shape index (κ3) is 1.93. The van der Waals surface area contributed by atoms with E-state index >= 15 is 0 Å². The zero-order valence-electron chi connectivity index (χ0n) is 7.09. The van der Waals surface area contributed by atoms with Crippen molar-refractivity contribution in [3.8, 4) is 0 Å². The van der Waals surface area contributed by atoms with Gasteiger partial charge in [0.15, 0.2) is 0 Å². The second-order valence-electron chi connectivity index (χ2n) is 2.40. The van der Waals surface area contributed by atoms with E-state index < -0.39 is 0 Å². The predicted octanol–water partition coefficient (Wildman–Crippen LogP) is 2.32. The van der Waals surface area contributed by atoms with Crippen LogP contribution in [-0.4, -0.2) is 11.5 Å². The number of nitrogens with one attached hydrogen (secondary N) is 1. The van der Waals surface area contributed by atoms with Crippen LogP contribution in [0.25, 0.3) is 0 Å². The molecule has 0 aliphatic carbocycles. The van der Waals surface area contributed by atoms with Crippen LogP contribution >= 0.6 is 0 Å². The summed E-state index contributed by atoms with van der Waals surface area (Å²) in [7, 11) is 0. The Morgan fingerprint density at radius 3 is 3.00 bits per heavy atom. The Morgan fingerprint density at radius 1 is 1.55 bits per heavy atom. The number of hydrogen-bond acceptors (Lipinski definition) is 2. The fourth-order valence-corrected chi connectivity index (χ4v) is 1.05. The lowest BCUT2D eigenvalue weighted by Gasteiger charge is -2.05. The molecule has 11 heavy (non-hydrogen) atoms. The molecule has 2 heteroatoms. The molecule has 0 fully saturated rings. The minimum absolute atomic E-state index is 0. The number of aromatic nitrogens is 1. The molecule has 0 saturated heterocycles. The van der Waals surface area contributed by atoms with Crippen molar-refractivity contribution in [2.75, 3.05) is 11.9 Å². The average Bonchev–Trinajstić information content (AvgIpc) is 2.06. The van der Waals surface area contributed by atoms with Crippen LogP contribution in [0.15, 0.2) is 18.3 Å². The largest absolute Gasteiger partial charge is 0.370 e. The van der Waals surface area contributed by atoms with Crippen LogP contribution in [-0.2, 0) is 6.42 Å². The quantitative estimate of drug-likeness (QED) is 0.719. The van der Waals surface area contributed by atoms with E-state index in [1.165, 1.54) is 5.56 Å². The highest BCUT2D eigenvalue weighted by molar-refractivity contribution is 5.43. The third-order valence-electron chi connectivity index (χ3n) is 1.62. The maximum atomic E-state index is 4.23. The van der Waals surface area contributed by atoms with Crippen LogP contribution in [0.2, 0.25) is 0 Å². The van der Waals surface area contributed by atoms with Gasteiger partial charge >= 0.3 is 0 Å². The molecule has 1 heterocycles. The summed E-state index contributed by atoms with van der Waals surface area (Å²) in [6.07, 6.45) is 2.85. The Hall–Kier alpha value is -1.05. The number of anilines is 1. The summed E-state index contributed by atoms with van der Waals surface area (Å²) in [6, 6.07) is 4.07. The molecule has 0 bridgehead atoms. The first-order valence-corrected chi connectivity index (χ1v) is 4.06. The Bertz CT molecular complexity index is 226. The maximum absolute atomic E-state index is 4.23. The van der Waals surface area contributed by atoms with Crippen LogP contribution in [0, 0.1) is 0 Å². The van der Waals surface area contributed by atoms with E-state index in [1.807, 2.05) is 12.3 Å². The average molecular weight is 152 g/mol. The topological polar surface area (TPSA) is 24.9 Å². The number of aryl methyl sites for hydroxylation is 1. The van der Waals surface area contributed by atoms with Crippen LogP contribution in [0.4, 0.5) is 5.82 Å². The third-order valence-corrected chi connectivity index (χ3v) is 1.62. The van der Waals surface area contributed by atoms with E-state index in [9.17, 15) is 0 Å². The fourth-order valence-electron chi connectivity index (χ4n) is 1.05. The second kappa shape index (κ2) is 3.96. The summed E-state index contributed by atoms with van der Waals surface area (Å²) in [6.45, 7) is 5.15. The smallest absolute Gasteiger partial charge is 0.129 e. The van der Waals surface area contributed by atoms with Crippen molar-refractivity contribution in [1.29, 1.82) is 0 Å². The van der Waals surface area contributed by atoms with Crippen molar-refractivity contribution in [2.45, 2.75) is 20.3 Å². The second-order valence-corrected chi connectivity index (χ2v) is 2.40. The van der Waals surface area contributed by atoms with E-state index in [0.29, 0.717) is 0 Å². The molecule has 0 aromatic carbocycles. The van der Waals surface area contributed by atoms with Gasteiger partial charge in [-0.05, 0) is 25.0 Å². The van der Waals surface area contributed by atoms with Crippen molar-refractivity contribution < 1.29 is 1.43 Å². The standard InChI is InChI=1S/C9H14N2.H2/c1-3-8-6-5-7-11-9(8)10-4-2;/h5-7H,3-4H2,1-2H3,(H,10,11);1H. The minimum Gasteiger partial charge on any atom is -0.370 e. The zero-order chi connectivity index (χ0) is 8.10. The van der Waals surface area contributed by atoms with Gasteiger partial charge in [-0.3, -0.25) is 0 Å². The number of hydrogen-bond donors (Lipinski definition) is 1. The summed E-state index contributed by atoms with van der Waals surface area (Å²) >= 11 is 0. The van der Waals surface area contributed by atoms with Gasteiger partial charge in [-0.15, -0.1) is 0 Å². The highest BCUT2D eigenvalue weighted by Crippen LogP contribution is 2.10. The van der Waals surface area contributed by atoms with E-state index in [2.05, 4.69) is 30.2 Å². The fraction of sp³-hybridized carbons (Fsp3) is 0.444. The Labute approximate surface area is 69.1 Å². The van der Waals surface area contributed by atoms with Gasteiger partial charge in [-0.25, -0.2) is 4.98 Å². The van der Waals surface area contributed by atoms with Gasteiger partial charge in [0.1, 0.15) is 5.82 Å². The molecule has 0 atom stereocenters. The molecule has 0 spiro atoms. The Kier molecular flexibility index (Phi) is 2.90. The van der Waals surface area contributed by atoms with Gasteiger partial charge in [0.2, 0.25) is 0 Å². The van der Waals surface area contributed by atoms with Crippen molar-refractivity contribution in [3.63, 3.8) is 0 Å². The Balaban J connectivity index is 0.00000121. The molecule has 1 N–H and O–H groups in total. The molecule has 62 valence electrons. The molecule has 1 rings (SSSR count). The lowest BCUT2D eigenvalue weighted by molar-refractivity contribution is 1.07. The molecule has 0 unspecified atom stereocenters. The van der Waals surface area contributed by atoms with E-state index in [1.54, 1.807) is 0 Å². The van der Waals surface area contributed by atoms with Crippen molar-refractivity contribution >= 4 is 5.82 Å². The van der Waals surface area contributed by atoms with Gasteiger partial charge in [-0.1, -0.05) is 13.0 Å². The van der Waals surface area contributed by atoms with Gasteiger partial charge in [0.25, 0.3) is 0 Å². The summed E-state index contributed by atoms with van der Waals surface area (Å²) in [5.74, 6) is 1.03. The monoisotopic (exact) mass is 152 g/mol. The van der Waals surface area contributed by atoms with E-state index in [0.717, 1.165) is 18.8 Å². The van der Waals surface area contributed by atoms with Crippen LogP contribution in [0.5, 0.6) is 0 Å². The minimum atomic E-state index is 0. The normalized spacial score (nSPS) is 9.64. The van der Waals surface area contributed by atoms with Crippen LogP contribution < -0.4 is 5.32 Å². The summed E-state index contributed by atoms with van der Waals surface area (Å²) in [4.78, 5) is 4.23. The maximum Gasteiger partial charge on any atom is 0.129 e. The van der Waals surface area contributed by atoms with Crippen LogP contribution in [0.1, 0.15) is 20.8 Å². The molecular formula is C9H16N2. The molecule has 1 aromatic rings. The summed E-state index contributed by atoms with van der Waals surface area (Å²) in [5, 5.41) is 3.22. The molecule has 1 aromatic heterocycles.